The second-order valence-corrected chi connectivity index (χ2v) is 14.7. The lowest BCUT2D eigenvalue weighted by Gasteiger charge is -2.39. The lowest BCUT2D eigenvalue weighted by Crippen LogP contribution is -2.66. The molecule has 11 nitrogen and oxygen atoms in total. The maximum atomic E-state index is 14.7. The fraction of sp³-hybridized carbons (Fsp3) is 0.429. The molecule has 0 saturated heterocycles. The number of hydrogen-bond donors (Lipinski definition) is 5. The van der Waals surface area contributed by atoms with Crippen LogP contribution >= 0.6 is 0 Å². The minimum atomic E-state index is -4.67. The van der Waals surface area contributed by atoms with Gasteiger partial charge in [-0.1, -0.05) is 76.9 Å². The van der Waals surface area contributed by atoms with Crippen molar-refractivity contribution in [1.82, 2.24) is 20.9 Å². The first-order valence-corrected chi connectivity index (χ1v) is 18.9. The summed E-state index contributed by atoms with van der Waals surface area (Å²) in [6, 6.07) is 11.6. The fourth-order valence-electron chi connectivity index (χ4n) is 7.14. The Kier molecular flexibility index (Phi) is 13.2. The van der Waals surface area contributed by atoms with Gasteiger partial charge in [0, 0.05) is 17.5 Å². The number of para-hydroxylation sites is 1. The molecule has 0 radical (unpaired) electrons. The van der Waals surface area contributed by atoms with E-state index >= 15 is 0 Å². The molecule has 0 aliphatic heterocycles. The first-order chi connectivity index (χ1) is 27.0. The van der Waals surface area contributed by atoms with Crippen LogP contribution in [0.3, 0.4) is 0 Å². The minimum absolute atomic E-state index is 0.0576. The third-order valence-corrected chi connectivity index (χ3v) is 10.9. The number of halogens is 4. The van der Waals surface area contributed by atoms with Crippen LogP contribution in [-0.2, 0) is 56.0 Å². The van der Waals surface area contributed by atoms with Crippen molar-refractivity contribution < 1.29 is 51.3 Å². The Labute approximate surface area is 327 Å². The molecular formula is C42H48F4N4O7. The summed E-state index contributed by atoms with van der Waals surface area (Å²) in [5, 5.41) is 18.8. The number of methoxy groups -OCH3 is 1. The highest BCUT2D eigenvalue weighted by Gasteiger charge is 2.47. The van der Waals surface area contributed by atoms with Crippen molar-refractivity contribution in [2.45, 2.75) is 96.6 Å². The molecule has 5 unspecified atom stereocenters. The van der Waals surface area contributed by atoms with Crippen LogP contribution in [0, 0.1) is 17.7 Å². The summed E-state index contributed by atoms with van der Waals surface area (Å²) in [7, 11) is 1.39. The van der Waals surface area contributed by atoms with Gasteiger partial charge in [0.1, 0.15) is 30.0 Å². The molecule has 3 amide bonds. The van der Waals surface area contributed by atoms with Gasteiger partial charge in [-0.25, -0.2) is 9.18 Å². The number of benzene rings is 3. The van der Waals surface area contributed by atoms with Gasteiger partial charge >= 0.3 is 12.1 Å². The van der Waals surface area contributed by atoms with Crippen molar-refractivity contribution in [3.63, 3.8) is 0 Å². The van der Waals surface area contributed by atoms with Gasteiger partial charge in [-0.15, -0.1) is 0 Å². The summed E-state index contributed by atoms with van der Waals surface area (Å²) in [5.41, 5.74) is -1.40. The number of aromatic amines is 1. The number of alkyl halides is 3. The highest BCUT2D eigenvalue weighted by atomic mass is 19.4. The van der Waals surface area contributed by atoms with E-state index in [1.54, 1.807) is 26.0 Å². The van der Waals surface area contributed by atoms with Crippen LogP contribution in [0.4, 0.5) is 17.6 Å². The van der Waals surface area contributed by atoms with Gasteiger partial charge < -0.3 is 35.5 Å². The van der Waals surface area contributed by atoms with Gasteiger partial charge in [-0.3, -0.25) is 14.4 Å². The number of esters is 1. The second kappa shape index (κ2) is 17.7. The second-order valence-electron chi connectivity index (χ2n) is 14.7. The quantitative estimate of drug-likeness (QED) is 0.0685. The molecule has 5 atom stereocenters. The average molecular weight is 797 g/mol. The summed E-state index contributed by atoms with van der Waals surface area (Å²) < 4.78 is 67.4. The van der Waals surface area contributed by atoms with Gasteiger partial charge in [-0.2, -0.15) is 13.2 Å². The van der Waals surface area contributed by atoms with Crippen LogP contribution in [0.15, 0.2) is 60.7 Å². The largest absolute Gasteiger partial charge is 0.504 e. The molecule has 1 heterocycles. The van der Waals surface area contributed by atoms with Crippen molar-refractivity contribution in [3.8, 4) is 11.5 Å². The number of phenolic OH excluding ortho intramolecular Hbond substituents is 1. The summed E-state index contributed by atoms with van der Waals surface area (Å²) in [5.74, 6) is -4.38. The summed E-state index contributed by atoms with van der Waals surface area (Å²) in [6.45, 7) is 6.84. The monoisotopic (exact) mass is 796 g/mol. The SMILES string of the molecule is CCC(C)C(NC(=O)Cc1ccccc1F)C(=O)NC1(C(=O)NC(C(=O)OCc2ccc(OC)c(O)c2)C(C)CC)CCc2[nH]c3c(C(F)(F)F)cccc3c2C1. The van der Waals surface area contributed by atoms with Gasteiger partial charge in [-0.05, 0) is 65.6 Å². The lowest BCUT2D eigenvalue weighted by atomic mass is 9.78. The standard InChI is InChI=1S/C42H48F4N4O7/c1-6-23(3)35(48-34(52)20-26-11-8-9-14-30(26)43)38(53)50-41(18-17-31-28(21-41)27-12-10-13-29(37(27)47-31)42(44,45)46)40(55)49-36(24(4)7-2)39(54)57-22-25-15-16-33(56-5)32(51)19-25/h8-16,19,23-24,35-36,47,51H,6-7,17-18,20-22H2,1-5H3,(H,48,52)(H,49,55)(H,50,53). The molecule has 1 aliphatic rings. The van der Waals surface area contributed by atoms with E-state index in [-0.39, 0.29) is 60.3 Å². The molecule has 0 spiro atoms. The normalized spacial score (nSPS) is 17.4. The van der Waals surface area contributed by atoms with Crippen LogP contribution in [0.25, 0.3) is 10.9 Å². The lowest BCUT2D eigenvalue weighted by molar-refractivity contribution is -0.151. The third kappa shape index (κ3) is 9.51. The van der Waals surface area contributed by atoms with Crippen molar-refractivity contribution in [2.24, 2.45) is 11.8 Å². The maximum absolute atomic E-state index is 14.7. The Balaban J connectivity index is 1.48. The van der Waals surface area contributed by atoms with E-state index in [1.165, 1.54) is 49.6 Å². The summed E-state index contributed by atoms with van der Waals surface area (Å²) in [4.78, 5) is 58.9. The fourth-order valence-corrected chi connectivity index (χ4v) is 7.14. The zero-order chi connectivity index (χ0) is 41.7. The van der Waals surface area contributed by atoms with Gasteiger partial charge in [0.15, 0.2) is 11.5 Å². The van der Waals surface area contributed by atoms with Gasteiger partial charge in [0.2, 0.25) is 17.7 Å². The number of amides is 3. The molecule has 4 aromatic rings. The number of nitrogens with one attached hydrogen (secondary N) is 4. The van der Waals surface area contributed by atoms with E-state index in [2.05, 4.69) is 20.9 Å². The number of phenols is 1. The number of aryl methyl sites for hydroxylation is 1. The third-order valence-electron chi connectivity index (χ3n) is 10.9. The number of fused-ring (bicyclic) bond motifs is 3. The molecule has 3 aromatic carbocycles. The van der Waals surface area contributed by atoms with Gasteiger partial charge in [0.25, 0.3) is 0 Å². The molecule has 306 valence electrons. The Hall–Kier alpha value is -5.60. The van der Waals surface area contributed by atoms with Crippen molar-refractivity contribution in [1.29, 1.82) is 0 Å². The number of aromatic nitrogens is 1. The van der Waals surface area contributed by atoms with Gasteiger partial charge in [0.05, 0.1) is 24.6 Å². The van der Waals surface area contributed by atoms with E-state index in [0.29, 0.717) is 29.7 Å². The average Bonchev–Trinajstić information content (AvgIpc) is 3.55. The molecule has 57 heavy (non-hydrogen) atoms. The topological polar surface area (TPSA) is 159 Å². The maximum Gasteiger partial charge on any atom is 0.418 e. The molecule has 1 aliphatic carbocycles. The Bertz CT molecular complexity index is 2120. The number of hydrogen-bond acceptors (Lipinski definition) is 7. The molecule has 1 aromatic heterocycles. The number of carbonyl (C=O) groups excluding carboxylic acids is 4. The highest BCUT2D eigenvalue weighted by Crippen LogP contribution is 2.40. The first-order valence-electron chi connectivity index (χ1n) is 18.9. The molecule has 0 fully saturated rings. The van der Waals surface area contributed by atoms with Crippen LogP contribution < -0.4 is 20.7 Å². The van der Waals surface area contributed by atoms with E-state index in [4.69, 9.17) is 9.47 Å². The molecule has 0 bridgehead atoms. The van der Waals surface area contributed by atoms with Crippen LogP contribution in [-0.4, -0.2) is 58.5 Å². The number of rotatable bonds is 15. The van der Waals surface area contributed by atoms with Crippen molar-refractivity contribution >= 4 is 34.6 Å². The van der Waals surface area contributed by atoms with Crippen LogP contribution in [0.1, 0.15) is 74.9 Å². The van der Waals surface area contributed by atoms with E-state index in [0.717, 1.165) is 6.07 Å². The van der Waals surface area contributed by atoms with Crippen molar-refractivity contribution in [2.75, 3.05) is 7.11 Å². The number of H-pyrrole nitrogens is 1. The van der Waals surface area contributed by atoms with Crippen LogP contribution in [0.2, 0.25) is 0 Å². The summed E-state index contributed by atoms with van der Waals surface area (Å²) >= 11 is 0. The molecule has 5 N–H and O–H groups in total. The van der Waals surface area contributed by atoms with Crippen molar-refractivity contribution in [3.05, 3.63) is 94.4 Å². The number of carbonyl (C=O) groups is 4. The van der Waals surface area contributed by atoms with E-state index < -0.39 is 70.7 Å². The molecule has 0 saturated carbocycles. The predicted octanol–water partition coefficient (Wildman–Crippen LogP) is 6.43. The summed E-state index contributed by atoms with van der Waals surface area (Å²) in [6.07, 6.45) is -4.43. The first kappa shape index (κ1) is 42.5. The minimum Gasteiger partial charge on any atom is -0.504 e. The molecule has 15 heteroatoms. The predicted molar refractivity (Wildman–Crippen MR) is 204 cm³/mol. The molecule has 5 rings (SSSR count). The smallest absolute Gasteiger partial charge is 0.418 e. The zero-order valence-electron chi connectivity index (χ0n) is 32.4. The Morgan fingerprint density at radius 2 is 1.65 bits per heavy atom. The number of ether oxygens (including phenoxy) is 2. The zero-order valence-corrected chi connectivity index (χ0v) is 32.4. The Morgan fingerprint density at radius 3 is 2.30 bits per heavy atom. The Morgan fingerprint density at radius 1 is 0.947 bits per heavy atom. The highest BCUT2D eigenvalue weighted by molar-refractivity contribution is 5.98. The number of aromatic hydroxyl groups is 1. The van der Waals surface area contributed by atoms with Crippen LogP contribution in [0.5, 0.6) is 11.5 Å². The van der Waals surface area contributed by atoms with E-state index in [1.807, 2.05) is 13.8 Å². The molecular weight excluding hydrogens is 748 g/mol. The van der Waals surface area contributed by atoms with E-state index in [9.17, 15) is 41.8 Å².